The molecule has 1 aliphatic heterocycles. The Kier molecular flexibility index (Phi) is 3.71. The lowest BCUT2D eigenvalue weighted by Gasteiger charge is -2.33. The Hall–Kier alpha value is -1.29. The van der Waals surface area contributed by atoms with Crippen molar-refractivity contribution in [3.05, 3.63) is 24.7 Å². The first kappa shape index (κ1) is 10.8. The van der Waals surface area contributed by atoms with Crippen LogP contribution in [0, 0.1) is 0 Å². The summed E-state index contributed by atoms with van der Waals surface area (Å²) in [6.45, 7) is 11.5. The number of piperazine rings is 1. The molecule has 0 radical (unpaired) electrons. The SMILES string of the molecule is C=C(N)/C=N\C(=C)N1CCN(C)CC1. The van der Waals surface area contributed by atoms with Crippen LogP contribution in [0.4, 0.5) is 0 Å². The van der Waals surface area contributed by atoms with Gasteiger partial charge in [0.15, 0.2) is 0 Å². The van der Waals surface area contributed by atoms with Crippen LogP contribution in [-0.2, 0) is 0 Å². The third-order valence-electron chi connectivity index (χ3n) is 2.25. The molecule has 0 atom stereocenters. The van der Waals surface area contributed by atoms with Gasteiger partial charge >= 0.3 is 0 Å². The molecule has 0 aromatic carbocycles. The molecule has 2 N–H and O–H groups in total. The average Bonchev–Trinajstić information content (AvgIpc) is 2.15. The van der Waals surface area contributed by atoms with E-state index in [1.54, 1.807) is 6.21 Å². The molecule has 0 aliphatic carbocycles. The highest BCUT2D eigenvalue weighted by atomic mass is 15.3. The molecule has 0 bridgehead atoms. The van der Waals surface area contributed by atoms with Crippen molar-refractivity contribution in [2.75, 3.05) is 33.2 Å². The average molecular weight is 194 g/mol. The van der Waals surface area contributed by atoms with Crippen LogP contribution in [0.25, 0.3) is 0 Å². The fourth-order valence-electron chi connectivity index (χ4n) is 1.30. The van der Waals surface area contributed by atoms with Crippen LogP contribution in [0.1, 0.15) is 0 Å². The zero-order valence-electron chi connectivity index (χ0n) is 8.74. The summed E-state index contributed by atoms with van der Waals surface area (Å²) in [6.07, 6.45) is 1.54. The molecule has 0 aromatic heterocycles. The van der Waals surface area contributed by atoms with E-state index in [0.717, 1.165) is 32.0 Å². The third-order valence-corrected chi connectivity index (χ3v) is 2.25. The Bertz CT molecular complexity index is 249. The predicted octanol–water partition coefficient (Wildman–Crippen LogP) is 0.248. The van der Waals surface area contributed by atoms with E-state index in [-0.39, 0.29) is 0 Å². The van der Waals surface area contributed by atoms with Crippen LogP contribution < -0.4 is 5.73 Å². The zero-order valence-corrected chi connectivity index (χ0v) is 8.74. The van der Waals surface area contributed by atoms with Gasteiger partial charge in [-0.2, -0.15) is 0 Å². The molecule has 14 heavy (non-hydrogen) atoms. The number of rotatable bonds is 3. The molecule has 4 nitrogen and oxygen atoms in total. The number of likely N-dealkylation sites (N-methyl/N-ethyl adjacent to an activating group) is 1. The first-order valence-corrected chi connectivity index (χ1v) is 4.70. The van der Waals surface area contributed by atoms with Crippen molar-refractivity contribution in [3.63, 3.8) is 0 Å². The second-order valence-corrected chi connectivity index (χ2v) is 3.54. The maximum Gasteiger partial charge on any atom is 0.121 e. The number of aliphatic imine (C=N–C) groups is 1. The predicted molar refractivity (Wildman–Crippen MR) is 60.0 cm³/mol. The van der Waals surface area contributed by atoms with Gasteiger partial charge in [-0.1, -0.05) is 13.2 Å². The van der Waals surface area contributed by atoms with Gasteiger partial charge in [0.05, 0.1) is 6.21 Å². The summed E-state index contributed by atoms with van der Waals surface area (Å²) in [5.41, 5.74) is 5.84. The van der Waals surface area contributed by atoms with Crippen molar-refractivity contribution in [3.8, 4) is 0 Å². The highest BCUT2D eigenvalue weighted by molar-refractivity contribution is 5.76. The lowest BCUT2D eigenvalue weighted by molar-refractivity contribution is 0.186. The number of nitrogens with two attached hydrogens (primary N) is 1. The van der Waals surface area contributed by atoms with Crippen molar-refractivity contribution in [1.29, 1.82) is 0 Å². The Balaban J connectivity index is 2.42. The van der Waals surface area contributed by atoms with E-state index in [4.69, 9.17) is 5.73 Å². The largest absolute Gasteiger partial charge is 0.398 e. The number of hydrogen-bond acceptors (Lipinski definition) is 4. The van der Waals surface area contributed by atoms with E-state index < -0.39 is 0 Å². The normalized spacial score (nSPS) is 18.8. The quantitative estimate of drug-likeness (QED) is 0.655. The number of allylic oxidation sites excluding steroid dienone is 1. The minimum absolute atomic E-state index is 0.459. The van der Waals surface area contributed by atoms with Crippen LogP contribution in [0.15, 0.2) is 29.7 Å². The maximum atomic E-state index is 5.38. The molecule has 0 unspecified atom stereocenters. The Morgan fingerprint density at radius 2 is 1.86 bits per heavy atom. The van der Waals surface area contributed by atoms with Gasteiger partial charge < -0.3 is 15.5 Å². The van der Waals surface area contributed by atoms with E-state index in [1.807, 2.05) is 0 Å². The molecule has 0 amide bonds. The van der Waals surface area contributed by atoms with Gasteiger partial charge in [-0.25, -0.2) is 4.99 Å². The monoisotopic (exact) mass is 194 g/mol. The van der Waals surface area contributed by atoms with Crippen LogP contribution >= 0.6 is 0 Å². The Morgan fingerprint density at radius 3 is 2.36 bits per heavy atom. The van der Waals surface area contributed by atoms with Crippen LogP contribution in [0.2, 0.25) is 0 Å². The fourth-order valence-corrected chi connectivity index (χ4v) is 1.30. The molecular weight excluding hydrogens is 176 g/mol. The number of nitrogens with zero attached hydrogens (tertiary/aromatic N) is 3. The van der Waals surface area contributed by atoms with Gasteiger partial charge in [0.1, 0.15) is 5.82 Å². The first-order chi connectivity index (χ1) is 6.59. The molecule has 0 aromatic rings. The summed E-state index contributed by atoms with van der Waals surface area (Å²) in [6, 6.07) is 0. The zero-order chi connectivity index (χ0) is 10.6. The van der Waals surface area contributed by atoms with E-state index >= 15 is 0 Å². The molecule has 1 rings (SSSR count). The maximum absolute atomic E-state index is 5.38. The molecular formula is C10H18N4. The van der Waals surface area contributed by atoms with Gasteiger partial charge in [-0.3, -0.25) is 0 Å². The molecule has 1 fully saturated rings. The van der Waals surface area contributed by atoms with E-state index in [9.17, 15) is 0 Å². The van der Waals surface area contributed by atoms with Crippen molar-refractivity contribution in [2.45, 2.75) is 0 Å². The van der Waals surface area contributed by atoms with Gasteiger partial charge in [0.2, 0.25) is 0 Å². The summed E-state index contributed by atoms with van der Waals surface area (Å²) >= 11 is 0. The summed E-state index contributed by atoms with van der Waals surface area (Å²) < 4.78 is 0. The van der Waals surface area contributed by atoms with Crippen molar-refractivity contribution >= 4 is 6.21 Å². The van der Waals surface area contributed by atoms with Crippen molar-refractivity contribution < 1.29 is 0 Å². The van der Waals surface area contributed by atoms with Gasteiger partial charge in [0.25, 0.3) is 0 Å². The minimum atomic E-state index is 0.459. The molecule has 0 saturated carbocycles. The second kappa shape index (κ2) is 4.81. The molecule has 1 heterocycles. The van der Waals surface area contributed by atoms with Gasteiger partial charge in [-0.15, -0.1) is 0 Å². The lowest BCUT2D eigenvalue weighted by Crippen LogP contribution is -2.43. The summed E-state index contributed by atoms with van der Waals surface area (Å²) in [5.74, 6) is 0.768. The highest BCUT2D eigenvalue weighted by Gasteiger charge is 2.13. The topological polar surface area (TPSA) is 44.9 Å². The van der Waals surface area contributed by atoms with Crippen LogP contribution in [0.5, 0.6) is 0 Å². The second-order valence-electron chi connectivity index (χ2n) is 3.54. The number of hydrogen-bond donors (Lipinski definition) is 1. The molecule has 1 saturated heterocycles. The third kappa shape index (κ3) is 3.22. The van der Waals surface area contributed by atoms with E-state index in [1.165, 1.54) is 0 Å². The summed E-state index contributed by atoms with van der Waals surface area (Å²) in [7, 11) is 2.12. The standard InChI is InChI=1S/C10H18N4/c1-9(11)8-12-10(2)14-6-4-13(3)5-7-14/h8H,1-2,4-7,11H2,3H3/b12-8-. The first-order valence-electron chi connectivity index (χ1n) is 4.70. The van der Waals surface area contributed by atoms with Gasteiger partial charge in [0, 0.05) is 31.9 Å². The van der Waals surface area contributed by atoms with Crippen LogP contribution in [0.3, 0.4) is 0 Å². The minimum Gasteiger partial charge on any atom is -0.398 e. The fraction of sp³-hybridized carbons (Fsp3) is 0.500. The lowest BCUT2D eigenvalue weighted by atomic mass is 10.3. The van der Waals surface area contributed by atoms with E-state index in [0.29, 0.717) is 5.70 Å². The van der Waals surface area contributed by atoms with Crippen LogP contribution in [-0.4, -0.2) is 49.2 Å². The highest BCUT2D eigenvalue weighted by Crippen LogP contribution is 2.07. The Morgan fingerprint density at radius 1 is 1.29 bits per heavy atom. The molecule has 0 spiro atoms. The molecule has 1 aliphatic rings. The molecule has 78 valence electrons. The van der Waals surface area contributed by atoms with Crippen molar-refractivity contribution in [2.24, 2.45) is 10.7 Å². The molecule has 4 heteroatoms. The van der Waals surface area contributed by atoms with E-state index in [2.05, 4.69) is 35.0 Å². The summed E-state index contributed by atoms with van der Waals surface area (Å²) in [4.78, 5) is 8.58. The van der Waals surface area contributed by atoms with Gasteiger partial charge in [-0.05, 0) is 7.05 Å². The summed E-state index contributed by atoms with van der Waals surface area (Å²) in [5, 5.41) is 0. The Labute approximate surface area is 85.4 Å². The van der Waals surface area contributed by atoms with Crippen molar-refractivity contribution in [1.82, 2.24) is 9.80 Å². The smallest absolute Gasteiger partial charge is 0.121 e.